The zero-order chi connectivity index (χ0) is 41.4. The van der Waals surface area contributed by atoms with Crippen LogP contribution in [0.4, 0.5) is 0 Å². The van der Waals surface area contributed by atoms with Crippen LogP contribution in [0, 0.1) is 5.92 Å². The summed E-state index contributed by atoms with van der Waals surface area (Å²) < 4.78 is 0. The third kappa shape index (κ3) is 14.9. The van der Waals surface area contributed by atoms with Crippen LogP contribution >= 0.6 is 0 Å². The van der Waals surface area contributed by atoms with Gasteiger partial charge in [-0.05, 0) is 51.0 Å². The average molecular weight is 775 g/mol. The van der Waals surface area contributed by atoms with Crippen molar-refractivity contribution in [2.24, 2.45) is 28.1 Å². The van der Waals surface area contributed by atoms with Crippen LogP contribution in [0.1, 0.15) is 65.4 Å². The number of benzene rings is 1. The standard InChI is InChI=1S/C35H54N10O10/c1-18(2)27(32(52)43-24(34(54)55)16-21-10-6-5-7-11-21)44-28(48)19(3)40-30(50)23(12-8-14-39-35(37)38)42-31(51)25-13-9-15-45(25)33(53)20(4)41-29(49)22(36)17-26(46)47/h5-7,10-11,18-20,22-25,27H,8-9,12-17,36H2,1-4H3,(H,40,50)(H,41,49)(H,42,51)(H,43,52)(H,44,48)(H,46,47)(H,54,55)(H4,37,38,39)/t19-,20-,22-,23-,24-,25-,27-/m0/s1. The summed E-state index contributed by atoms with van der Waals surface area (Å²) >= 11 is 0. The van der Waals surface area contributed by atoms with E-state index in [-0.39, 0.29) is 44.7 Å². The van der Waals surface area contributed by atoms with E-state index in [4.69, 9.17) is 22.3 Å². The Bertz CT molecular complexity index is 1570. The third-order valence-corrected chi connectivity index (χ3v) is 8.77. The molecule has 0 aliphatic carbocycles. The molecule has 0 spiro atoms. The Kier molecular flexibility index (Phi) is 18.0. The Balaban J connectivity index is 2.13. The Morgan fingerprint density at radius 2 is 1.45 bits per heavy atom. The third-order valence-electron chi connectivity index (χ3n) is 8.77. The quantitative estimate of drug-likeness (QED) is 0.0345. The van der Waals surface area contributed by atoms with E-state index in [2.05, 4.69) is 31.6 Å². The van der Waals surface area contributed by atoms with E-state index in [1.165, 1.54) is 18.7 Å². The minimum atomic E-state index is -1.39. The van der Waals surface area contributed by atoms with Gasteiger partial charge >= 0.3 is 11.9 Å². The van der Waals surface area contributed by atoms with Crippen LogP contribution in [-0.2, 0) is 44.8 Å². The van der Waals surface area contributed by atoms with Crippen molar-refractivity contribution in [3.63, 3.8) is 0 Å². The van der Waals surface area contributed by atoms with Gasteiger partial charge in [-0.25, -0.2) is 4.79 Å². The summed E-state index contributed by atoms with van der Waals surface area (Å²) in [5.41, 5.74) is 17.1. The van der Waals surface area contributed by atoms with Crippen molar-refractivity contribution in [3.05, 3.63) is 35.9 Å². The number of carbonyl (C=O) groups excluding carboxylic acids is 6. The minimum absolute atomic E-state index is 0.00903. The fourth-order valence-electron chi connectivity index (χ4n) is 5.76. The van der Waals surface area contributed by atoms with E-state index >= 15 is 0 Å². The van der Waals surface area contributed by atoms with E-state index in [9.17, 15) is 43.5 Å². The predicted molar refractivity (Wildman–Crippen MR) is 198 cm³/mol. The highest BCUT2D eigenvalue weighted by Crippen LogP contribution is 2.19. The number of hydrogen-bond donors (Lipinski definition) is 10. The lowest BCUT2D eigenvalue weighted by molar-refractivity contribution is -0.143. The normalized spacial score (nSPS) is 17.0. The summed E-state index contributed by atoms with van der Waals surface area (Å²) in [6.45, 7) is 6.33. The van der Waals surface area contributed by atoms with E-state index in [0.29, 0.717) is 12.0 Å². The Labute approximate surface area is 318 Å². The first-order valence-corrected chi connectivity index (χ1v) is 17.9. The van der Waals surface area contributed by atoms with E-state index in [1.54, 1.807) is 44.2 Å². The molecule has 1 aliphatic rings. The van der Waals surface area contributed by atoms with Crippen molar-refractivity contribution in [2.75, 3.05) is 13.1 Å². The Morgan fingerprint density at radius 3 is 2.04 bits per heavy atom. The van der Waals surface area contributed by atoms with Crippen LogP contribution in [0.2, 0.25) is 0 Å². The number of aliphatic imine (C=N–C) groups is 1. The summed E-state index contributed by atoms with van der Waals surface area (Å²) in [7, 11) is 0. The molecule has 6 amide bonds. The van der Waals surface area contributed by atoms with Gasteiger partial charge in [0.2, 0.25) is 35.4 Å². The first-order chi connectivity index (χ1) is 25.8. The number of nitrogens with one attached hydrogen (secondary N) is 5. The number of rotatable bonds is 21. The van der Waals surface area contributed by atoms with Crippen LogP contribution in [0.15, 0.2) is 35.3 Å². The maximum absolute atomic E-state index is 13.6. The molecular formula is C35H54N10O10. The molecular weight excluding hydrogens is 720 g/mol. The van der Waals surface area contributed by atoms with Gasteiger partial charge in [0, 0.05) is 19.5 Å². The second-order valence-corrected chi connectivity index (χ2v) is 13.7. The van der Waals surface area contributed by atoms with Gasteiger partial charge in [-0.15, -0.1) is 0 Å². The average Bonchev–Trinajstić information content (AvgIpc) is 3.61. The number of carboxylic acids is 2. The number of nitrogens with zero attached hydrogens (tertiary/aromatic N) is 2. The Hall–Kier alpha value is -5.79. The van der Waals surface area contributed by atoms with Gasteiger partial charge in [-0.2, -0.15) is 0 Å². The smallest absolute Gasteiger partial charge is 0.326 e. The van der Waals surface area contributed by atoms with Crippen molar-refractivity contribution < 1.29 is 48.6 Å². The predicted octanol–water partition coefficient (Wildman–Crippen LogP) is -2.72. The van der Waals surface area contributed by atoms with Crippen LogP contribution in [-0.4, -0.2) is 124 Å². The molecule has 0 bridgehead atoms. The molecule has 2 rings (SSSR count). The first kappa shape index (κ1) is 45.4. The van der Waals surface area contributed by atoms with Gasteiger partial charge in [0.05, 0.1) is 12.5 Å². The molecule has 13 N–H and O–H groups in total. The molecule has 0 radical (unpaired) electrons. The van der Waals surface area contributed by atoms with Crippen molar-refractivity contribution in [2.45, 2.75) is 109 Å². The van der Waals surface area contributed by atoms with Crippen molar-refractivity contribution >= 4 is 53.3 Å². The van der Waals surface area contributed by atoms with E-state index in [0.717, 1.165) is 0 Å². The second-order valence-electron chi connectivity index (χ2n) is 13.7. The zero-order valence-corrected chi connectivity index (χ0v) is 31.4. The topological polar surface area (TPSA) is 331 Å². The maximum Gasteiger partial charge on any atom is 0.326 e. The monoisotopic (exact) mass is 774 g/mol. The molecule has 55 heavy (non-hydrogen) atoms. The maximum atomic E-state index is 13.6. The van der Waals surface area contributed by atoms with E-state index < -0.39 is 102 Å². The summed E-state index contributed by atoms with van der Waals surface area (Å²) in [5, 5.41) is 31.3. The highest BCUT2D eigenvalue weighted by molar-refractivity contribution is 5.97. The summed E-state index contributed by atoms with van der Waals surface area (Å²) in [5.74, 6) is -7.61. The fourth-order valence-corrected chi connectivity index (χ4v) is 5.76. The van der Waals surface area contributed by atoms with Crippen LogP contribution in [0.5, 0.6) is 0 Å². The molecule has 1 saturated heterocycles. The first-order valence-electron chi connectivity index (χ1n) is 17.9. The number of guanidine groups is 1. The van der Waals surface area contributed by atoms with Crippen molar-refractivity contribution in [1.29, 1.82) is 0 Å². The Morgan fingerprint density at radius 1 is 0.818 bits per heavy atom. The molecule has 7 atom stereocenters. The number of aliphatic carboxylic acids is 2. The molecule has 1 fully saturated rings. The number of nitrogens with two attached hydrogens (primary N) is 3. The molecule has 1 aromatic rings. The summed E-state index contributed by atoms with van der Waals surface area (Å²) in [6.07, 6.45) is 0.287. The number of amides is 6. The van der Waals surface area contributed by atoms with Gasteiger partial charge in [-0.3, -0.25) is 38.6 Å². The van der Waals surface area contributed by atoms with Crippen molar-refractivity contribution in [1.82, 2.24) is 31.5 Å². The van der Waals surface area contributed by atoms with Gasteiger partial charge < -0.3 is 58.9 Å². The molecule has 0 aromatic heterocycles. The van der Waals surface area contributed by atoms with Crippen LogP contribution in [0.3, 0.4) is 0 Å². The van der Waals surface area contributed by atoms with Gasteiger partial charge in [0.25, 0.3) is 0 Å². The lowest BCUT2D eigenvalue weighted by Gasteiger charge is -2.29. The van der Waals surface area contributed by atoms with E-state index in [1.807, 2.05) is 0 Å². The number of likely N-dealkylation sites (tertiary alicyclic amines) is 1. The fraction of sp³-hybridized carbons (Fsp3) is 0.571. The SMILES string of the molecule is CC(C)[C@H](NC(=O)[C@H](C)NC(=O)[C@H](CCCN=C(N)N)NC(=O)[C@@H]1CCCN1C(=O)[C@H](C)NC(=O)[C@@H](N)CC(=O)O)C(=O)N[C@@H](Cc1ccccc1)C(=O)O. The molecule has 0 unspecified atom stereocenters. The van der Waals surface area contributed by atoms with Gasteiger partial charge in [0.1, 0.15) is 36.3 Å². The molecule has 304 valence electrons. The number of carbonyl (C=O) groups is 8. The number of hydrogen-bond acceptors (Lipinski definition) is 10. The lowest BCUT2D eigenvalue weighted by Crippen LogP contribution is -2.59. The number of carboxylic acid groups (broad SMARTS) is 2. The zero-order valence-electron chi connectivity index (χ0n) is 31.4. The van der Waals surface area contributed by atoms with Crippen LogP contribution in [0.25, 0.3) is 0 Å². The largest absolute Gasteiger partial charge is 0.481 e. The molecule has 1 aromatic carbocycles. The lowest BCUT2D eigenvalue weighted by atomic mass is 10.0. The van der Waals surface area contributed by atoms with Gasteiger partial charge in [0.15, 0.2) is 5.96 Å². The summed E-state index contributed by atoms with van der Waals surface area (Å²) in [4.78, 5) is 107. The minimum Gasteiger partial charge on any atom is -0.481 e. The molecule has 20 heteroatoms. The van der Waals surface area contributed by atoms with Gasteiger partial charge in [-0.1, -0.05) is 44.2 Å². The summed E-state index contributed by atoms with van der Waals surface area (Å²) in [6, 6.07) is 0.264. The second kappa shape index (κ2) is 21.8. The molecule has 1 aliphatic heterocycles. The van der Waals surface area contributed by atoms with Crippen molar-refractivity contribution in [3.8, 4) is 0 Å². The van der Waals surface area contributed by atoms with Crippen LogP contribution < -0.4 is 43.8 Å². The highest BCUT2D eigenvalue weighted by Gasteiger charge is 2.38. The molecule has 0 saturated carbocycles. The molecule has 20 nitrogen and oxygen atoms in total. The molecule has 1 heterocycles. The highest BCUT2D eigenvalue weighted by atomic mass is 16.4.